The maximum absolute atomic E-state index is 8.55. The fraction of sp³-hybridized carbons (Fsp3) is 0.0566. The second-order valence-electron chi connectivity index (χ2n) is 15.8. The average molecular weight is 746 g/mol. The molecule has 0 spiro atoms. The number of fused-ring (bicyclic) bond motifs is 10. The summed E-state index contributed by atoms with van der Waals surface area (Å²) in [5.41, 5.74) is 22.3. The van der Waals surface area contributed by atoms with Gasteiger partial charge in [0.2, 0.25) is 0 Å². The Bertz CT molecular complexity index is 3310. The Morgan fingerprint density at radius 3 is 1.88 bits per heavy atom. The zero-order valence-electron chi connectivity index (χ0n) is 32.2. The fourth-order valence-corrected chi connectivity index (χ4v) is 9.44. The van der Waals surface area contributed by atoms with Crippen molar-refractivity contribution in [2.75, 3.05) is 0 Å². The van der Waals surface area contributed by atoms with Crippen molar-refractivity contribution in [3.05, 3.63) is 204 Å². The molecule has 0 saturated carbocycles. The van der Waals surface area contributed by atoms with Crippen molar-refractivity contribution >= 4 is 55.3 Å². The molecule has 11 rings (SSSR count). The van der Waals surface area contributed by atoms with Gasteiger partial charge in [-0.25, -0.2) is 4.99 Å². The summed E-state index contributed by atoms with van der Waals surface area (Å²) in [5, 5.41) is 13.5. The summed E-state index contributed by atoms with van der Waals surface area (Å²) < 4.78 is 4.84. The Hall–Kier alpha value is -7.50. The van der Waals surface area contributed by atoms with E-state index in [-0.39, 0.29) is 11.3 Å². The predicted molar refractivity (Wildman–Crippen MR) is 242 cm³/mol. The number of amidine groups is 2. The van der Waals surface area contributed by atoms with Crippen LogP contribution in [0.1, 0.15) is 36.1 Å². The van der Waals surface area contributed by atoms with Crippen LogP contribution in [0.4, 0.5) is 0 Å². The SMILES string of the molecule is CC1(C)c2ccccc2-c2c1cc(-c1ccc3c4ccccc4n(-c4ccccc4)c3c1)c1c3ccccc3n(-c3ccc(C(N)=NC(=N)c4ccccc4)cc3)c21. The summed E-state index contributed by atoms with van der Waals surface area (Å²) in [5.74, 6) is 0.445. The van der Waals surface area contributed by atoms with E-state index in [4.69, 9.17) is 11.1 Å². The molecule has 0 amide bonds. The van der Waals surface area contributed by atoms with Gasteiger partial charge >= 0.3 is 0 Å². The first-order valence-corrected chi connectivity index (χ1v) is 19.8. The first-order valence-electron chi connectivity index (χ1n) is 19.8. The summed E-state index contributed by atoms with van der Waals surface area (Å²) in [7, 11) is 0. The third-order valence-corrected chi connectivity index (χ3v) is 12.2. The lowest BCUT2D eigenvalue weighted by Gasteiger charge is -2.23. The van der Waals surface area contributed by atoms with Gasteiger partial charge in [0, 0.05) is 55.0 Å². The molecule has 0 radical (unpaired) electrons. The molecule has 5 heteroatoms. The van der Waals surface area contributed by atoms with Crippen molar-refractivity contribution in [3.63, 3.8) is 0 Å². The highest BCUT2D eigenvalue weighted by Crippen LogP contribution is 2.55. The Kier molecular flexibility index (Phi) is 7.44. The number of rotatable bonds is 5. The van der Waals surface area contributed by atoms with Crippen LogP contribution in [0.25, 0.3) is 77.2 Å². The summed E-state index contributed by atoms with van der Waals surface area (Å²) in [6.07, 6.45) is 0. The van der Waals surface area contributed by atoms with E-state index < -0.39 is 0 Å². The molecule has 0 aliphatic heterocycles. The normalized spacial score (nSPS) is 13.4. The minimum atomic E-state index is -0.225. The first kappa shape index (κ1) is 33.8. The number of hydrogen-bond donors (Lipinski definition) is 2. The number of nitrogens with two attached hydrogens (primary N) is 1. The van der Waals surface area contributed by atoms with Gasteiger partial charge in [0.05, 0.1) is 22.1 Å². The van der Waals surface area contributed by atoms with Crippen molar-refractivity contribution in [2.24, 2.45) is 10.7 Å². The zero-order chi connectivity index (χ0) is 39.1. The van der Waals surface area contributed by atoms with Gasteiger partial charge in [-0.3, -0.25) is 5.41 Å². The standard InChI is InChI=1S/C53H39N5/c1-53(2)43-22-12-9-20-40(43)49-44(53)32-42(35-27-30-39-38-19-10-13-23-45(38)57(47(39)31-35)36-17-7-4-8-18-36)48-41-21-11-14-24-46(41)58(50(48)49)37-28-25-34(26-29-37)52(55)56-51(54)33-15-5-3-6-16-33/h3-32H,1-2H3,(H3,54,55,56). The van der Waals surface area contributed by atoms with E-state index in [1.54, 1.807) is 0 Å². The minimum absolute atomic E-state index is 0.135. The predicted octanol–water partition coefficient (Wildman–Crippen LogP) is 12.6. The molecule has 3 N–H and O–H groups in total. The van der Waals surface area contributed by atoms with Crippen molar-refractivity contribution < 1.29 is 0 Å². The second-order valence-corrected chi connectivity index (χ2v) is 15.8. The molecule has 0 saturated heterocycles. The van der Waals surface area contributed by atoms with E-state index in [2.05, 4.69) is 168 Å². The van der Waals surface area contributed by atoms with Gasteiger partial charge in [0.15, 0.2) is 5.84 Å². The van der Waals surface area contributed by atoms with Gasteiger partial charge in [-0.05, 0) is 88.5 Å². The summed E-state index contributed by atoms with van der Waals surface area (Å²) >= 11 is 0. The van der Waals surface area contributed by atoms with Crippen LogP contribution in [0.2, 0.25) is 0 Å². The van der Waals surface area contributed by atoms with Gasteiger partial charge < -0.3 is 14.9 Å². The fourth-order valence-electron chi connectivity index (χ4n) is 9.44. The van der Waals surface area contributed by atoms with Crippen LogP contribution in [0.5, 0.6) is 0 Å². The summed E-state index contributed by atoms with van der Waals surface area (Å²) in [4.78, 5) is 4.47. The number of aromatic nitrogens is 2. The Balaban J connectivity index is 1.18. The molecule has 276 valence electrons. The topological polar surface area (TPSA) is 72.1 Å². The molecular weight excluding hydrogens is 707 g/mol. The molecule has 0 fully saturated rings. The average Bonchev–Trinajstić information content (AvgIpc) is 3.87. The largest absolute Gasteiger partial charge is 0.383 e. The molecule has 8 aromatic carbocycles. The Morgan fingerprint density at radius 1 is 0.517 bits per heavy atom. The summed E-state index contributed by atoms with van der Waals surface area (Å²) in [6.45, 7) is 4.72. The van der Waals surface area contributed by atoms with Crippen LogP contribution >= 0.6 is 0 Å². The highest BCUT2D eigenvalue weighted by atomic mass is 15.0. The number of para-hydroxylation sites is 3. The number of nitrogens with zero attached hydrogens (tertiary/aromatic N) is 3. The molecular formula is C53H39N5. The lowest BCUT2D eigenvalue weighted by molar-refractivity contribution is 0.661. The van der Waals surface area contributed by atoms with Gasteiger partial charge in [0.25, 0.3) is 0 Å². The highest BCUT2D eigenvalue weighted by molar-refractivity contribution is 6.22. The molecule has 2 heterocycles. The molecule has 1 aliphatic carbocycles. The van der Waals surface area contributed by atoms with Crippen molar-refractivity contribution in [2.45, 2.75) is 19.3 Å². The van der Waals surface area contributed by atoms with Gasteiger partial charge in [-0.1, -0.05) is 135 Å². The van der Waals surface area contributed by atoms with E-state index in [9.17, 15) is 0 Å². The third-order valence-electron chi connectivity index (χ3n) is 12.2. The van der Waals surface area contributed by atoms with Crippen molar-refractivity contribution in [3.8, 4) is 33.6 Å². The van der Waals surface area contributed by atoms with Crippen LogP contribution in [-0.4, -0.2) is 20.8 Å². The second kappa shape index (κ2) is 12.8. The van der Waals surface area contributed by atoms with E-state index in [1.165, 1.54) is 71.5 Å². The van der Waals surface area contributed by atoms with E-state index in [0.717, 1.165) is 28.0 Å². The van der Waals surface area contributed by atoms with Crippen LogP contribution in [0, 0.1) is 5.41 Å². The molecule has 10 aromatic rings. The van der Waals surface area contributed by atoms with Gasteiger partial charge in [-0.2, -0.15) is 0 Å². The Morgan fingerprint density at radius 2 is 1.12 bits per heavy atom. The Labute approximate surface area is 336 Å². The lowest BCUT2D eigenvalue weighted by Crippen LogP contribution is -2.16. The van der Waals surface area contributed by atoms with E-state index >= 15 is 0 Å². The zero-order valence-corrected chi connectivity index (χ0v) is 32.2. The molecule has 0 atom stereocenters. The van der Waals surface area contributed by atoms with Crippen LogP contribution in [0.15, 0.2) is 187 Å². The van der Waals surface area contributed by atoms with E-state index in [1.807, 2.05) is 42.5 Å². The molecule has 0 unspecified atom stereocenters. The number of nitrogens with one attached hydrogen (secondary N) is 1. The number of aliphatic imine (C=N–C) groups is 1. The van der Waals surface area contributed by atoms with Crippen LogP contribution in [0.3, 0.4) is 0 Å². The van der Waals surface area contributed by atoms with Gasteiger partial charge in [-0.15, -0.1) is 0 Å². The summed E-state index contributed by atoms with van der Waals surface area (Å²) in [6, 6.07) is 64.4. The quantitative estimate of drug-likeness (QED) is 0.134. The van der Waals surface area contributed by atoms with Crippen molar-refractivity contribution in [1.82, 2.24) is 9.13 Å². The van der Waals surface area contributed by atoms with Crippen LogP contribution < -0.4 is 5.73 Å². The monoisotopic (exact) mass is 745 g/mol. The smallest absolute Gasteiger partial charge is 0.154 e. The molecule has 5 nitrogen and oxygen atoms in total. The number of hydrogen-bond acceptors (Lipinski definition) is 1. The molecule has 1 aliphatic rings. The van der Waals surface area contributed by atoms with Crippen LogP contribution in [-0.2, 0) is 5.41 Å². The maximum atomic E-state index is 8.55. The number of benzene rings is 8. The lowest BCUT2D eigenvalue weighted by atomic mass is 9.81. The molecule has 2 aromatic heterocycles. The maximum Gasteiger partial charge on any atom is 0.154 e. The minimum Gasteiger partial charge on any atom is -0.383 e. The highest BCUT2D eigenvalue weighted by Gasteiger charge is 2.39. The molecule has 58 heavy (non-hydrogen) atoms. The third kappa shape index (κ3) is 4.96. The van der Waals surface area contributed by atoms with Gasteiger partial charge in [0.1, 0.15) is 5.84 Å². The first-order chi connectivity index (χ1) is 28.4. The van der Waals surface area contributed by atoms with Crippen molar-refractivity contribution in [1.29, 1.82) is 5.41 Å². The molecule has 0 bridgehead atoms. The van der Waals surface area contributed by atoms with E-state index in [0.29, 0.717) is 5.84 Å².